The lowest BCUT2D eigenvalue weighted by molar-refractivity contribution is 0.0555. The lowest BCUT2D eigenvalue weighted by Crippen LogP contribution is -2.18. The Balaban J connectivity index is 2.51. The molecule has 0 spiro atoms. The second-order valence-corrected chi connectivity index (χ2v) is 7.72. The molecular weight excluding hydrogens is 446 g/mol. The molecule has 0 fully saturated rings. The molecular formula is C20H19NO10S. The Morgan fingerprint density at radius 2 is 1.03 bits per heavy atom. The van der Waals surface area contributed by atoms with Crippen LogP contribution in [0, 0.1) is 0 Å². The first kappa shape index (κ1) is 24.3. The van der Waals surface area contributed by atoms with E-state index in [1.54, 1.807) is 0 Å². The van der Waals surface area contributed by atoms with Crippen LogP contribution in [0.3, 0.4) is 0 Å². The Hall–Kier alpha value is -3.93. The van der Waals surface area contributed by atoms with E-state index >= 15 is 0 Å². The van der Waals surface area contributed by atoms with E-state index in [1.165, 1.54) is 12.1 Å². The van der Waals surface area contributed by atoms with Crippen LogP contribution < -0.4 is 4.72 Å². The van der Waals surface area contributed by atoms with Gasteiger partial charge in [-0.1, -0.05) is 0 Å². The molecule has 0 unspecified atom stereocenters. The van der Waals surface area contributed by atoms with Crippen LogP contribution in [-0.2, 0) is 29.0 Å². The molecule has 2 aromatic carbocycles. The number of carbonyl (C=O) groups is 4. The third-order valence-corrected chi connectivity index (χ3v) is 5.57. The molecule has 2 rings (SSSR count). The van der Waals surface area contributed by atoms with E-state index in [-0.39, 0.29) is 32.8 Å². The Labute approximate surface area is 183 Å². The van der Waals surface area contributed by atoms with E-state index in [0.29, 0.717) is 0 Å². The number of benzene rings is 2. The molecule has 32 heavy (non-hydrogen) atoms. The maximum atomic E-state index is 12.9. The fourth-order valence-electron chi connectivity index (χ4n) is 2.65. The molecule has 0 bridgehead atoms. The molecule has 170 valence electrons. The second-order valence-electron chi connectivity index (χ2n) is 6.04. The van der Waals surface area contributed by atoms with Gasteiger partial charge in [0.05, 0.1) is 55.6 Å². The third-order valence-electron chi connectivity index (χ3n) is 4.19. The average molecular weight is 465 g/mol. The van der Waals surface area contributed by atoms with Crippen LogP contribution in [0.4, 0.5) is 5.69 Å². The molecule has 0 saturated carbocycles. The van der Waals surface area contributed by atoms with E-state index in [1.807, 2.05) is 0 Å². The molecule has 0 amide bonds. The van der Waals surface area contributed by atoms with Crippen LogP contribution in [-0.4, -0.2) is 60.7 Å². The minimum Gasteiger partial charge on any atom is -0.465 e. The van der Waals surface area contributed by atoms with E-state index in [4.69, 9.17) is 0 Å². The quantitative estimate of drug-likeness (QED) is 0.472. The molecule has 2 aromatic rings. The van der Waals surface area contributed by atoms with Crippen molar-refractivity contribution in [3.63, 3.8) is 0 Å². The SMILES string of the molecule is COC(=O)c1ccc(NS(=O)(=O)c2ccc(C(=O)OC)c(C(=O)OC)c2)cc1C(=O)OC. The van der Waals surface area contributed by atoms with Gasteiger partial charge in [-0.3, -0.25) is 4.72 Å². The smallest absolute Gasteiger partial charge is 0.338 e. The van der Waals surface area contributed by atoms with Crippen LogP contribution in [0.25, 0.3) is 0 Å². The van der Waals surface area contributed by atoms with Gasteiger partial charge in [0.1, 0.15) is 0 Å². The van der Waals surface area contributed by atoms with Crippen molar-refractivity contribution >= 4 is 39.6 Å². The van der Waals surface area contributed by atoms with Crippen molar-refractivity contribution in [3.05, 3.63) is 58.7 Å². The van der Waals surface area contributed by atoms with E-state index < -0.39 is 33.9 Å². The second kappa shape index (κ2) is 9.92. The van der Waals surface area contributed by atoms with Crippen LogP contribution in [0.1, 0.15) is 41.4 Å². The number of esters is 4. The molecule has 0 aliphatic carbocycles. The van der Waals surface area contributed by atoms with Gasteiger partial charge in [-0.25, -0.2) is 27.6 Å². The first-order valence-corrected chi connectivity index (χ1v) is 10.2. The summed E-state index contributed by atoms with van der Waals surface area (Å²) in [5, 5.41) is 0. The highest BCUT2D eigenvalue weighted by Gasteiger charge is 2.25. The zero-order valence-electron chi connectivity index (χ0n) is 17.5. The van der Waals surface area contributed by atoms with Gasteiger partial charge in [0, 0.05) is 5.69 Å². The Morgan fingerprint density at radius 3 is 1.50 bits per heavy atom. The molecule has 1 N–H and O–H groups in total. The normalized spacial score (nSPS) is 10.6. The van der Waals surface area contributed by atoms with E-state index in [2.05, 4.69) is 23.7 Å². The monoisotopic (exact) mass is 465 g/mol. The van der Waals surface area contributed by atoms with Crippen LogP contribution in [0.2, 0.25) is 0 Å². The first-order valence-electron chi connectivity index (χ1n) is 8.73. The summed E-state index contributed by atoms with van der Waals surface area (Å²) in [4.78, 5) is 47.4. The maximum absolute atomic E-state index is 12.9. The number of nitrogens with one attached hydrogen (secondary N) is 1. The number of hydrogen-bond acceptors (Lipinski definition) is 10. The predicted octanol–water partition coefficient (Wildman–Crippen LogP) is 1.63. The van der Waals surface area contributed by atoms with Crippen molar-refractivity contribution in [2.24, 2.45) is 0 Å². The highest BCUT2D eigenvalue weighted by Crippen LogP contribution is 2.23. The third kappa shape index (κ3) is 5.03. The molecule has 0 aliphatic rings. The molecule has 12 heteroatoms. The molecule has 0 aromatic heterocycles. The summed E-state index contributed by atoms with van der Waals surface area (Å²) in [5.41, 5.74) is -0.935. The summed E-state index contributed by atoms with van der Waals surface area (Å²) >= 11 is 0. The topological polar surface area (TPSA) is 151 Å². The summed E-state index contributed by atoms with van der Waals surface area (Å²) in [7, 11) is 0.0969. The number of hydrogen-bond donors (Lipinski definition) is 1. The number of anilines is 1. The van der Waals surface area contributed by atoms with Crippen LogP contribution in [0.15, 0.2) is 41.3 Å². The predicted molar refractivity (Wildman–Crippen MR) is 109 cm³/mol. The zero-order valence-corrected chi connectivity index (χ0v) is 18.3. The largest absolute Gasteiger partial charge is 0.465 e. The van der Waals surface area contributed by atoms with Crippen LogP contribution >= 0.6 is 0 Å². The maximum Gasteiger partial charge on any atom is 0.338 e. The Bertz CT molecular complexity index is 1190. The molecule has 0 heterocycles. The van der Waals surface area contributed by atoms with Gasteiger partial charge in [-0.2, -0.15) is 0 Å². The molecule has 0 radical (unpaired) electrons. The summed E-state index contributed by atoms with van der Waals surface area (Å²) in [6.45, 7) is 0. The van der Waals surface area contributed by atoms with Crippen molar-refractivity contribution in [2.45, 2.75) is 4.90 Å². The van der Waals surface area contributed by atoms with Gasteiger partial charge >= 0.3 is 23.9 Å². The zero-order chi connectivity index (χ0) is 24.1. The van der Waals surface area contributed by atoms with Crippen molar-refractivity contribution in [1.82, 2.24) is 0 Å². The Kier molecular flexibility index (Phi) is 7.54. The summed E-state index contributed by atoms with van der Waals surface area (Å²) in [5.74, 6) is -3.51. The molecule has 0 atom stereocenters. The van der Waals surface area contributed by atoms with Gasteiger partial charge in [-0.05, 0) is 36.4 Å². The van der Waals surface area contributed by atoms with Crippen LogP contribution in [0.5, 0.6) is 0 Å². The van der Waals surface area contributed by atoms with E-state index in [9.17, 15) is 27.6 Å². The highest BCUT2D eigenvalue weighted by molar-refractivity contribution is 7.92. The molecule has 0 saturated heterocycles. The standard InChI is InChI=1S/C20H19NO10S/c1-28-17(22)13-7-5-11(9-15(13)19(24)30-3)21-32(26,27)12-6-8-14(18(23)29-2)16(10-12)20(25)31-4/h5-10,21H,1-4H3. The van der Waals surface area contributed by atoms with Gasteiger partial charge < -0.3 is 18.9 Å². The first-order chi connectivity index (χ1) is 15.1. The number of carbonyl (C=O) groups excluding carboxylic acids is 4. The fraction of sp³-hybridized carbons (Fsp3) is 0.200. The molecule has 0 aliphatic heterocycles. The number of ether oxygens (including phenoxy) is 4. The summed E-state index contributed by atoms with van der Waals surface area (Å²) < 4.78 is 46.3. The number of methoxy groups -OCH3 is 4. The number of sulfonamides is 1. The Morgan fingerprint density at radius 1 is 0.625 bits per heavy atom. The van der Waals surface area contributed by atoms with Crippen molar-refractivity contribution in [1.29, 1.82) is 0 Å². The van der Waals surface area contributed by atoms with E-state index in [0.717, 1.165) is 52.7 Å². The summed E-state index contributed by atoms with van der Waals surface area (Å²) in [6.07, 6.45) is 0. The average Bonchev–Trinajstić information content (AvgIpc) is 2.81. The van der Waals surface area contributed by atoms with Gasteiger partial charge in [0.2, 0.25) is 0 Å². The van der Waals surface area contributed by atoms with Gasteiger partial charge in [0.15, 0.2) is 0 Å². The molecule has 11 nitrogen and oxygen atoms in total. The van der Waals surface area contributed by atoms with Crippen molar-refractivity contribution in [3.8, 4) is 0 Å². The summed E-state index contributed by atoms with van der Waals surface area (Å²) in [6, 6.07) is 6.67. The van der Waals surface area contributed by atoms with Gasteiger partial charge in [0.25, 0.3) is 10.0 Å². The lowest BCUT2D eigenvalue weighted by atomic mass is 10.1. The minimum atomic E-state index is -4.29. The number of rotatable bonds is 7. The fourth-order valence-corrected chi connectivity index (χ4v) is 3.72. The lowest BCUT2D eigenvalue weighted by Gasteiger charge is -2.13. The van der Waals surface area contributed by atoms with Gasteiger partial charge in [-0.15, -0.1) is 0 Å². The minimum absolute atomic E-state index is 0.0743. The van der Waals surface area contributed by atoms with Crippen molar-refractivity contribution < 1.29 is 46.5 Å². The van der Waals surface area contributed by atoms with Crippen molar-refractivity contribution in [2.75, 3.05) is 33.2 Å². The highest BCUT2D eigenvalue weighted by atomic mass is 32.2.